The van der Waals surface area contributed by atoms with Gasteiger partial charge in [0.1, 0.15) is 0 Å². The van der Waals surface area contributed by atoms with E-state index < -0.39 is 10.0 Å². The lowest BCUT2D eigenvalue weighted by Crippen LogP contribution is -2.29. The molecule has 7 heteroatoms. The lowest BCUT2D eigenvalue weighted by Gasteiger charge is -2.25. The fourth-order valence-corrected chi connectivity index (χ4v) is 6.36. The average Bonchev–Trinajstić information content (AvgIpc) is 3.25. The highest BCUT2D eigenvalue weighted by atomic mass is 32.2. The molecule has 2 aromatic carbocycles. The zero-order chi connectivity index (χ0) is 23.3. The third kappa shape index (κ3) is 6.43. The summed E-state index contributed by atoms with van der Waals surface area (Å²) in [7, 11) is -3.72. The van der Waals surface area contributed by atoms with Crippen LogP contribution < -0.4 is 10.0 Å². The van der Waals surface area contributed by atoms with Gasteiger partial charge in [-0.15, -0.1) is 11.3 Å². The second-order valence-electron chi connectivity index (χ2n) is 9.06. The molecule has 0 saturated heterocycles. The topological polar surface area (TPSA) is 71.1 Å². The maximum Gasteiger partial charge on any atom is 0.261 e. The van der Waals surface area contributed by atoms with Crippen LogP contribution in [0, 0.1) is 12.8 Å². The number of aryl methyl sites for hydroxylation is 1. The van der Waals surface area contributed by atoms with Crippen LogP contribution >= 0.6 is 11.3 Å². The number of para-hydroxylation sites is 1. The van der Waals surface area contributed by atoms with Gasteiger partial charge in [0.05, 0.1) is 21.3 Å². The van der Waals surface area contributed by atoms with Crippen molar-refractivity contribution in [1.82, 2.24) is 10.3 Å². The van der Waals surface area contributed by atoms with Crippen LogP contribution in [0.1, 0.15) is 56.0 Å². The van der Waals surface area contributed by atoms with E-state index in [0.29, 0.717) is 18.3 Å². The summed E-state index contributed by atoms with van der Waals surface area (Å²) >= 11 is 1.55. The van der Waals surface area contributed by atoms with Crippen molar-refractivity contribution in [2.24, 2.45) is 5.92 Å². The minimum absolute atomic E-state index is 0.235. The van der Waals surface area contributed by atoms with Crippen molar-refractivity contribution in [2.45, 2.75) is 69.9 Å². The van der Waals surface area contributed by atoms with Gasteiger partial charge in [-0.2, -0.15) is 0 Å². The molecule has 176 valence electrons. The maximum absolute atomic E-state index is 13.2. The van der Waals surface area contributed by atoms with E-state index in [1.165, 1.54) is 38.5 Å². The average molecular weight is 484 g/mol. The largest absolute Gasteiger partial charge is 0.310 e. The number of rotatable bonds is 9. The summed E-state index contributed by atoms with van der Waals surface area (Å²) in [6, 6.07) is 15.0. The number of aromatic nitrogens is 1. The molecule has 0 aliphatic heterocycles. The first-order valence-electron chi connectivity index (χ1n) is 11.8. The Balaban J connectivity index is 1.44. The summed E-state index contributed by atoms with van der Waals surface area (Å²) in [5, 5.41) is 6.51. The summed E-state index contributed by atoms with van der Waals surface area (Å²) in [4.78, 5) is 4.71. The molecule has 3 aromatic rings. The molecule has 0 amide bonds. The summed E-state index contributed by atoms with van der Waals surface area (Å²) in [6.45, 7) is 4.80. The number of thiazole rings is 1. The van der Waals surface area contributed by atoms with Gasteiger partial charge in [0.25, 0.3) is 10.0 Å². The Kier molecular flexibility index (Phi) is 7.83. The van der Waals surface area contributed by atoms with Crippen molar-refractivity contribution >= 4 is 27.0 Å². The predicted molar refractivity (Wildman–Crippen MR) is 137 cm³/mol. The van der Waals surface area contributed by atoms with Crippen molar-refractivity contribution in [3.8, 4) is 11.3 Å². The molecule has 0 radical (unpaired) electrons. The van der Waals surface area contributed by atoms with Gasteiger partial charge in [0.2, 0.25) is 0 Å². The van der Waals surface area contributed by atoms with Crippen LogP contribution in [-0.4, -0.2) is 19.4 Å². The van der Waals surface area contributed by atoms with E-state index in [9.17, 15) is 8.42 Å². The van der Waals surface area contributed by atoms with Crippen LogP contribution in [-0.2, 0) is 16.6 Å². The monoisotopic (exact) mass is 483 g/mol. The summed E-state index contributed by atoms with van der Waals surface area (Å²) < 4.78 is 29.2. The Bertz CT molecular complexity index is 1170. The molecular weight excluding hydrogens is 450 g/mol. The molecule has 0 bridgehead atoms. The fourth-order valence-electron chi connectivity index (χ4n) is 4.59. The molecular formula is C26H33N3O2S2. The van der Waals surface area contributed by atoms with E-state index in [1.807, 2.05) is 42.6 Å². The van der Waals surface area contributed by atoms with Gasteiger partial charge in [-0.25, -0.2) is 13.4 Å². The molecule has 1 saturated carbocycles. The number of sulfonamides is 1. The quantitative estimate of drug-likeness (QED) is 0.371. The van der Waals surface area contributed by atoms with E-state index in [1.54, 1.807) is 29.5 Å². The third-order valence-corrected chi connectivity index (χ3v) is 8.51. The van der Waals surface area contributed by atoms with Crippen molar-refractivity contribution in [2.75, 3.05) is 4.72 Å². The number of hydrogen-bond donors (Lipinski definition) is 2. The maximum atomic E-state index is 13.2. The van der Waals surface area contributed by atoms with E-state index in [-0.39, 0.29) is 4.90 Å². The molecule has 1 aliphatic rings. The molecule has 1 fully saturated rings. The first kappa shape index (κ1) is 23.9. The molecule has 1 heterocycles. The zero-order valence-electron chi connectivity index (χ0n) is 19.4. The minimum atomic E-state index is -3.72. The van der Waals surface area contributed by atoms with Crippen LogP contribution in [0.15, 0.2) is 58.8 Å². The fraction of sp³-hybridized carbons (Fsp3) is 0.423. The molecule has 33 heavy (non-hydrogen) atoms. The first-order valence-corrected chi connectivity index (χ1v) is 14.1. The standard InChI is InChI=1S/C26H33N3O2S2/c1-19(15-21-9-4-3-5-10-21)27-17-23-11-6-7-14-25(23)29-33(30,31)24-13-8-12-22(16-24)26-18-32-20(2)28-26/h6-8,11-14,16,18-19,21,27,29H,3-5,9-10,15,17H2,1-2H3/t19-/m0/s1. The predicted octanol–water partition coefficient (Wildman–Crippen LogP) is 6.37. The Morgan fingerprint density at radius 1 is 1.09 bits per heavy atom. The molecule has 0 unspecified atom stereocenters. The van der Waals surface area contributed by atoms with Crippen LogP contribution in [0.4, 0.5) is 5.69 Å². The molecule has 1 atom stereocenters. The van der Waals surface area contributed by atoms with Crippen LogP contribution in [0.5, 0.6) is 0 Å². The van der Waals surface area contributed by atoms with E-state index >= 15 is 0 Å². The molecule has 1 aliphatic carbocycles. The second-order valence-corrected chi connectivity index (χ2v) is 11.8. The lowest BCUT2D eigenvalue weighted by molar-refractivity contribution is 0.305. The summed E-state index contributed by atoms with van der Waals surface area (Å²) in [5.41, 5.74) is 3.16. The highest BCUT2D eigenvalue weighted by Crippen LogP contribution is 2.28. The zero-order valence-corrected chi connectivity index (χ0v) is 21.0. The normalized spacial score (nSPS) is 15.9. The van der Waals surface area contributed by atoms with Gasteiger partial charge in [0, 0.05) is 23.5 Å². The van der Waals surface area contributed by atoms with E-state index in [4.69, 9.17) is 0 Å². The number of nitrogens with zero attached hydrogens (tertiary/aromatic N) is 1. The number of hydrogen-bond acceptors (Lipinski definition) is 5. The van der Waals surface area contributed by atoms with Gasteiger partial charge in [0.15, 0.2) is 0 Å². The SMILES string of the molecule is Cc1nc(-c2cccc(S(=O)(=O)Nc3ccccc3CN[C@@H](C)CC3CCCCC3)c2)cs1. The lowest BCUT2D eigenvalue weighted by atomic mass is 9.85. The summed E-state index contributed by atoms with van der Waals surface area (Å²) in [5.74, 6) is 0.809. The van der Waals surface area contributed by atoms with Crippen LogP contribution in [0.3, 0.4) is 0 Å². The van der Waals surface area contributed by atoms with Gasteiger partial charge in [-0.3, -0.25) is 4.72 Å². The second kappa shape index (κ2) is 10.8. The number of anilines is 1. The van der Waals surface area contributed by atoms with Gasteiger partial charge >= 0.3 is 0 Å². The van der Waals surface area contributed by atoms with Gasteiger partial charge < -0.3 is 5.32 Å². The van der Waals surface area contributed by atoms with Gasteiger partial charge in [-0.1, -0.05) is 62.4 Å². The van der Waals surface area contributed by atoms with Crippen molar-refractivity contribution < 1.29 is 8.42 Å². The van der Waals surface area contributed by atoms with Crippen LogP contribution in [0.25, 0.3) is 11.3 Å². The van der Waals surface area contributed by atoms with Crippen molar-refractivity contribution in [3.63, 3.8) is 0 Å². The number of benzene rings is 2. The highest BCUT2D eigenvalue weighted by molar-refractivity contribution is 7.92. The highest BCUT2D eigenvalue weighted by Gasteiger charge is 2.19. The Morgan fingerprint density at radius 3 is 2.64 bits per heavy atom. The smallest absolute Gasteiger partial charge is 0.261 e. The molecule has 0 spiro atoms. The first-order chi connectivity index (χ1) is 15.9. The summed E-state index contributed by atoms with van der Waals surface area (Å²) in [6.07, 6.45) is 7.93. The molecule has 5 nitrogen and oxygen atoms in total. The Hall–Kier alpha value is -2.22. The van der Waals surface area contributed by atoms with Crippen molar-refractivity contribution in [1.29, 1.82) is 0 Å². The molecule has 2 N–H and O–H groups in total. The number of nitrogens with one attached hydrogen (secondary N) is 2. The molecule has 1 aromatic heterocycles. The van der Waals surface area contributed by atoms with Crippen LogP contribution in [0.2, 0.25) is 0 Å². The third-order valence-electron chi connectivity index (χ3n) is 6.37. The van der Waals surface area contributed by atoms with E-state index in [2.05, 4.69) is 21.9 Å². The Morgan fingerprint density at radius 2 is 1.88 bits per heavy atom. The Labute approximate surface area is 201 Å². The van der Waals surface area contributed by atoms with E-state index in [0.717, 1.165) is 27.7 Å². The molecule has 4 rings (SSSR count). The van der Waals surface area contributed by atoms with Crippen molar-refractivity contribution in [3.05, 3.63) is 64.5 Å². The minimum Gasteiger partial charge on any atom is -0.310 e. The van der Waals surface area contributed by atoms with Gasteiger partial charge in [-0.05, 0) is 49.9 Å².